The fourth-order valence-corrected chi connectivity index (χ4v) is 0.691. The van der Waals surface area contributed by atoms with E-state index in [2.05, 4.69) is 5.32 Å². The largest absolute Gasteiger partial charge is 0.349 e. The van der Waals surface area contributed by atoms with Crippen molar-refractivity contribution in [3.63, 3.8) is 0 Å². The van der Waals surface area contributed by atoms with Crippen LogP contribution in [0.5, 0.6) is 0 Å². The van der Waals surface area contributed by atoms with Crippen molar-refractivity contribution in [2.24, 2.45) is 10.8 Å². The molecule has 0 aliphatic heterocycles. The summed E-state index contributed by atoms with van der Waals surface area (Å²) in [6.45, 7) is 11.1. The van der Waals surface area contributed by atoms with Crippen molar-refractivity contribution in [3.05, 3.63) is 0 Å². The summed E-state index contributed by atoms with van der Waals surface area (Å²) in [6, 6.07) is 0. The molecule has 0 aliphatic rings. The summed E-state index contributed by atoms with van der Waals surface area (Å²) < 4.78 is 0. The van der Waals surface area contributed by atoms with Crippen LogP contribution in [0.1, 0.15) is 41.5 Å². The van der Waals surface area contributed by atoms with Gasteiger partial charge in [-0.05, 0) is 0 Å². The maximum absolute atomic E-state index is 11.5. The number of carbonyl (C=O) groups excluding carboxylic acids is 2. The lowest BCUT2D eigenvalue weighted by atomic mass is 9.90. The van der Waals surface area contributed by atoms with Gasteiger partial charge in [0.25, 0.3) is 0 Å². The summed E-state index contributed by atoms with van der Waals surface area (Å²) in [6.07, 6.45) is 0. The fourth-order valence-electron chi connectivity index (χ4n) is 0.691. The number of nitrogens with one attached hydrogen (secondary N) is 1. The van der Waals surface area contributed by atoms with Gasteiger partial charge in [-0.25, -0.2) is 0 Å². The predicted octanol–water partition coefficient (Wildman–Crippen LogP) is 1.76. The van der Waals surface area contributed by atoms with E-state index < -0.39 is 5.41 Å². The molecule has 0 spiro atoms. The van der Waals surface area contributed by atoms with E-state index in [1.165, 1.54) is 0 Å². The first kappa shape index (κ1) is 13.1. The highest BCUT2D eigenvalue weighted by atomic mass is 16.2. The van der Waals surface area contributed by atoms with E-state index in [9.17, 15) is 9.59 Å². The monoisotopic (exact) mass is 199 g/mol. The van der Waals surface area contributed by atoms with Crippen molar-refractivity contribution in [1.82, 2.24) is 5.32 Å². The molecule has 3 nitrogen and oxygen atoms in total. The van der Waals surface area contributed by atoms with Gasteiger partial charge in [0.1, 0.15) is 0 Å². The summed E-state index contributed by atoms with van der Waals surface area (Å²) >= 11 is 0. The van der Waals surface area contributed by atoms with E-state index >= 15 is 0 Å². The number of rotatable bonds is 2. The van der Waals surface area contributed by atoms with Crippen molar-refractivity contribution in [3.8, 4) is 0 Å². The Bertz CT molecular complexity index is 205. The number of hydrogen-bond acceptors (Lipinski definition) is 2. The van der Waals surface area contributed by atoms with Gasteiger partial charge in [0.05, 0.1) is 6.54 Å². The maximum atomic E-state index is 11.5. The molecule has 0 radical (unpaired) electrons. The predicted molar refractivity (Wildman–Crippen MR) is 56.9 cm³/mol. The first-order valence-corrected chi connectivity index (χ1v) is 4.87. The second-order valence-electron chi connectivity index (χ2n) is 5.61. The molecule has 0 saturated heterocycles. The number of ketones is 1. The summed E-state index contributed by atoms with van der Waals surface area (Å²) in [5, 5.41) is 2.64. The van der Waals surface area contributed by atoms with Gasteiger partial charge in [-0.1, -0.05) is 41.5 Å². The first-order chi connectivity index (χ1) is 6.05. The highest BCUT2D eigenvalue weighted by molar-refractivity contribution is 5.90. The highest BCUT2D eigenvalue weighted by Crippen LogP contribution is 2.15. The van der Waals surface area contributed by atoms with Crippen LogP contribution in [-0.4, -0.2) is 18.2 Å². The Morgan fingerprint density at radius 2 is 1.36 bits per heavy atom. The molecule has 0 saturated carbocycles. The van der Waals surface area contributed by atoms with Gasteiger partial charge < -0.3 is 5.32 Å². The van der Waals surface area contributed by atoms with Crippen molar-refractivity contribution >= 4 is 11.7 Å². The van der Waals surface area contributed by atoms with E-state index in [-0.39, 0.29) is 23.7 Å². The molecule has 0 aromatic heterocycles. The van der Waals surface area contributed by atoms with Crippen LogP contribution >= 0.6 is 0 Å². The topological polar surface area (TPSA) is 46.2 Å². The SMILES string of the molecule is CC(C)(C)C(=O)CNC(=O)C(C)(C)C. The minimum atomic E-state index is -0.432. The third-order valence-electron chi connectivity index (χ3n) is 1.93. The van der Waals surface area contributed by atoms with Crippen molar-refractivity contribution in [2.45, 2.75) is 41.5 Å². The van der Waals surface area contributed by atoms with Crippen LogP contribution in [0.15, 0.2) is 0 Å². The van der Waals surface area contributed by atoms with Crippen LogP contribution < -0.4 is 5.32 Å². The van der Waals surface area contributed by atoms with E-state index in [0.29, 0.717) is 0 Å². The van der Waals surface area contributed by atoms with Gasteiger partial charge >= 0.3 is 0 Å². The molecule has 0 aliphatic carbocycles. The van der Waals surface area contributed by atoms with E-state index in [1.54, 1.807) is 0 Å². The lowest BCUT2D eigenvalue weighted by molar-refractivity contribution is -0.132. The highest BCUT2D eigenvalue weighted by Gasteiger charge is 2.25. The molecule has 3 heteroatoms. The molecule has 0 rings (SSSR count). The van der Waals surface area contributed by atoms with Crippen LogP contribution in [0.2, 0.25) is 0 Å². The van der Waals surface area contributed by atoms with Gasteiger partial charge in [0.2, 0.25) is 5.91 Å². The van der Waals surface area contributed by atoms with Gasteiger partial charge in [-0.15, -0.1) is 0 Å². The van der Waals surface area contributed by atoms with Gasteiger partial charge in [0, 0.05) is 10.8 Å². The molecule has 1 N–H and O–H groups in total. The normalized spacial score (nSPS) is 12.4. The van der Waals surface area contributed by atoms with Gasteiger partial charge in [-0.3, -0.25) is 9.59 Å². The Labute approximate surface area is 86.3 Å². The molecule has 0 aromatic carbocycles. The molecule has 0 heterocycles. The summed E-state index contributed by atoms with van der Waals surface area (Å²) in [5.41, 5.74) is -0.816. The minimum absolute atomic E-state index is 0.0510. The fraction of sp³-hybridized carbons (Fsp3) is 0.818. The molecule has 0 unspecified atom stereocenters. The van der Waals surface area contributed by atoms with E-state index in [0.717, 1.165) is 0 Å². The average Bonchev–Trinajstić information content (AvgIpc) is 1.95. The summed E-state index contributed by atoms with van der Waals surface area (Å²) in [5.74, 6) is -0.0369. The molecular formula is C11H21NO2. The molecule has 0 atom stereocenters. The van der Waals surface area contributed by atoms with Crippen LogP contribution in [0, 0.1) is 10.8 Å². The lowest BCUT2D eigenvalue weighted by Crippen LogP contribution is -2.40. The summed E-state index contributed by atoms with van der Waals surface area (Å²) in [7, 11) is 0. The van der Waals surface area contributed by atoms with Crippen LogP contribution in [0.4, 0.5) is 0 Å². The number of amides is 1. The van der Waals surface area contributed by atoms with Gasteiger partial charge in [-0.2, -0.15) is 0 Å². The summed E-state index contributed by atoms with van der Waals surface area (Å²) in [4.78, 5) is 22.9. The Kier molecular flexibility index (Phi) is 3.86. The van der Waals surface area contributed by atoms with Crippen molar-refractivity contribution < 1.29 is 9.59 Å². The molecule has 0 bridgehead atoms. The second kappa shape index (κ2) is 4.11. The molecule has 14 heavy (non-hydrogen) atoms. The third-order valence-corrected chi connectivity index (χ3v) is 1.93. The van der Waals surface area contributed by atoms with Crippen LogP contribution in [0.3, 0.4) is 0 Å². The lowest BCUT2D eigenvalue weighted by Gasteiger charge is -2.20. The van der Waals surface area contributed by atoms with Crippen molar-refractivity contribution in [2.75, 3.05) is 6.54 Å². The van der Waals surface area contributed by atoms with Crippen LogP contribution in [-0.2, 0) is 9.59 Å². The number of Topliss-reactive ketones (excluding diaryl/α,β-unsaturated/α-hetero) is 1. The number of carbonyl (C=O) groups is 2. The second-order valence-corrected chi connectivity index (χ2v) is 5.61. The first-order valence-electron chi connectivity index (χ1n) is 4.87. The Balaban J connectivity index is 4.10. The van der Waals surface area contributed by atoms with E-state index in [1.807, 2.05) is 41.5 Å². The number of hydrogen-bond donors (Lipinski definition) is 1. The smallest absolute Gasteiger partial charge is 0.225 e. The zero-order valence-corrected chi connectivity index (χ0v) is 10.0. The van der Waals surface area contributed by atoms with E-state index in [4.69, 9.17) is 0 Å². The molecule has 1 amide bonds. The molecule has 0 fully saturated rings. The van der Waals surface area contributed by atoms with Crippen LogP contribution in [0.25, 0.3) is 0 Å². The Hall–Kier alpha value is -0.860. The minimum Gasteiger partial charge on any atom is -0.349 e. The standard InChI is InChI=1S/C11H21NO2/c1-10(2,3)8(13)7-12-9(14)11(4,5)6/h7H2,1-6H3,(H,12,14). The zero-order valence-electron chi connectivity index (χ0n) is 10.0. The molecular weight excluding hydrogens is 178 g/mol. The quantitative estimate of drug-likeness (QED) is 0.736. The van der Waals surface area contributed by atoms with Crippen molar-refractivity contribution in [1.29, 1.82) is 0 Å². The van der Waals surface area contributed by atoms with Gasteiger partial charge in [0.15, 0.2) is 5.78 Å². The maximum Gasteiger partial charge on any atom is 0.225 e. The third kappa shape index (κ3) is 4.40. The average molecular weight is 199 g/mol. The Morgan fingerprint density at radius 1 is 0.929 bits per heavy atom. The zero-order chi connectivity index (χ0) is 11.6. The molecule has 82 valence electrons. The molecule has 0 aromatic rings. The Morgan fingerprint density at radius 3 is 1.64 bits per heavy atom.